The third kappa shape index (κ3) is 3.43. The zero-order chi connectivity index (χ0) is 15.7. The van der Waals surface area contributed by atoms with Crippen molar-refractivity contribution in [3.63, 3.8) is 0 Å². The van der Waals surface area contributed by atoms with Crippen LogP contribution in [0.1, 0.15) is 64.2 Å². The molecule has 23 heavy (non-hydrogen) atoms. The summed E-state index contributed by atoms with van der Waals surface area (Å²) < 4.78 is 6.27. The van der Waals surface area contributed by atoms with Gasteiger partial charge in [0.25, 0.3) is 0 Å². The van der Waals surface area contributed by atoms with Crippen molar-refractivity contribution in [2.75, 3.05) is 32.8 Å². The number of rotatable bonds is 3. The molecule has 0 radical (unpaired) electrons. The van der Waals surface area contributed by atoms with Crippen LogP contribution in [0.15, 0.2) is 0 Å². The van der Waals surface area contributed by atoms with Gasteiger partial charge in [-0.1, -0.05) is 6.42 Å². The smallest absolute Gasteiger partial charge is 0.222 e. The van der Waals surface area contributed by atoms with E-state index in [-0.39, 0.29) is 5.60 Å². The molecule has 1 unspecified atom stereocenters. The highest BCUT2D eigenvalue weighted by atomic mass is 16.5. The number of hydrogen-bond acceptors (Lipinski definition) is 3. The Morgan fingerprint density at radius 1 is 1.00 bits per heavy atom. The molecule has 0 N–H and O–H groups in total. The zero-order valence-corrected chi connectivity index (χ0v) is 14.5. The fourth-order valence-corrected chi connectivity index (χ4v) is 5.04. The second-order valence-corrected chi connectivity index (χ2v) is 8.30. The van der Waals surface area contributed by atoms with Gasteiger partial charge in [-0.25, -0.2) is 0 Å². The van der Waals surface area contributed by atoms with Crippen LogP contribution in [-0.4, -0.2) is 60.1 Å². The van der Waals surface area contributed by atoms with Gasteiger partial charge in [0.15, 0.2) is 0 Å². The van der Waals surface area contributed by atoms with Gasteiger partial charge >= 0.3 is 0 Å². The maximum absolute atomic E-state index is 12.4. The largest absolute Gasteiger partial charge is 0.375 e. The number of nitrogens with zero attached hydrogens (tertiary/aromatic N) is 2. The van der Waals surface area contributed by atoms with Gasteiger partial charge in [-0.15, -0.1) is 0 Å². The van der Waals surface area contributed by atoms with Crippen molar-refractivity contribution < 1.29 is 9.53 Å². The summed E-state index contributed by atoms with van der Waals surface area (Å²) in [6.07, 6.45) is 11.9. The lowest BCUT2D eigenvalue weighted by atomic mass is 9.77. The van der Waals surface area contributed by atoms with E-state index in [0.29, 0.717) is 11.8 Å². The summed E-state index contributed by atoms with van der Waals surface area (Å²) in [7, 11) is 0. The predicted molar refractivity (Wildman–Crippen MR) is 90.3 cm³/mol. The molecule has 3 saturated heterocycles. The first-order valence-electron chi connectivity index (χ1n) is 9.90. The van der Waals surface area contributed by atoms with E-state index in [1.54, 1.807) is 0 Å². The van der Waals surface area contributed by atoms with Crippen molar-refractivity contribution in [2.24, 2.45) is 5.92 Å². The van der Waals surface area contributed by atoms with Crippen LogP contribution in [0.2, 0.25) is 0 Å². The van der Waals surface area contributed by atoms with Gasteiger partial charge in [-0.3, -0.25) is 4.79 Å². The molecule has 0 aromatic carbocycles. The van der Waals surface area contributed by atoms with E-state index in [0.717, 1.165) is 45.0 Å². The third-order valence-electron chi connectivity index (χ3n) is 6.82. The quantitative estimate of drug-likeness (QED) is 0.801. The van der Waals surface area contributed by atoms with Crippen LogP contribution in [-0.2, 0) is 9.53 Å². The summed E-state index contributed by atoms with van der Waals surface area (Å²) in [6.45, 7) is 5.25. The van der Waals surface area contributed by atoms with Crippen molar-refractivity contribution in [1.29, 1.82) is 0 Å². The summed E-state index contributed by atoms with van der Waals surface area (Å²) >= 11 is 0. The van der Waals surface area contributed by atoms with Gasteiger partial charge in [0.05, 0.1) is 5.60 Å². The Morgan fingerprint density at radius 2 is 1.74 bits per heavy atom. The topological polar surface area (TPSA) is 32.8 Å². The molecule has 130 valence electrons. The van der Waals surface area contributed by atoms with E-state index >= 15 is 0 Å². The van der Waals surface area contributed by atoms with Gasteiger partial charge < -0.3 is 14.5 Å². The van der Waals surface area contributed by atoms with Gasteiger partial charge in [0, 0.05) is 45.2 Å². The molecule has 1 saturated carbocycles. The summed E-state index contributed by atoms with van der Waals surface area (Å²) in [5.74, 6) is 0.948. The first-order valence-corrected chi connectivity index (χ1v) is 9.90. The Labute approximate surface area is 140 Å². The van der Waals surface area contributed by atoms with Crippen molar-refractivity contribution in [2.45, 2.75) is 75.9 Å². The van der Waals surface area contributed by atoms with Crippen LogP contribution < -0.4 is 0 Å². The average Bonchev–Trinajstić information content (AvgIpc) is 3.03. The van der Waals surface area contributed by atoms with Crippen molar-refractivity contribution in [1.82, 2.24) is 9.80 Å². The molecule has 1 spiro atoms. The minimum Gasteiger partial charge on any atom is -0.375 e. The molecular formula is C19H32N2O2. The number of hydrogen-bond donors (Lipinski definition) is 0. The number of carbonyl (C=O) groups excluding carboxylic acids is 1. The lowest BCUT2D eigenvalue weighted by Gasteiger charge is -2.49. The van der Waals surface area contributed by atoms with E-state index < -0.39 is 0 Å². The van der Waals surface area contributed by atoms with E-state index in [1.807, 2.05) is 0 Å². The first kappa shape index (κ1) is 15.9. The number of ether oxygens (including phenoxy) is 1. The molecule has 4 nitrogen and oxygen atoms in total. The molecule has 1 amide bonds. The highest BCUT2D eigenvalue weighted by Crippen LogP contribution is 2.40. The second kappa shape index (κ2) is 6.72. The number of piperidine rings is 1. The highest BCUT2D eigenvalue weighted by molar-refractivity contribution is 5.76. The van der Waals surface area contributed by atoms with E-state index in [2.05, 4.69) is 9.80 Å². The van der Waals surface area contributed by atoms with Crippen LogP contribution >= 0.6 is 0 Å². The third-order valence-corrected chi connectivity index (χ3v) is 6.82. The average molecular weight is 320 g/mol. The zero-order valence-electron chi connectivity index (χ0n) is 14.5. The Balaban J connectivity index is 1.29. The Bertz CT molecular complexity index is 421. The van der Waals surface area contributed by atoms with Crippen LogP contribution in [0.25, 0.3) is 0 Å². The van der Waals surface area contributed by atoms with Crippen LogP contribution in [0.5, 0.6) is 0 Å². The van der Waals surface area contributed by atoms with Gasteiger partial charge in [0.2, 0.25) is 5.91 Å². The SMILES string of the molecule is O=C(CC1CCOC2(CCN(C3CCC3)CC2)C1)N1CCCC1. The molecule has 0 aromatic heterocycles. The molecule has 4 rings (SSSR count). The normalized spacial score (nSPS) is 32.2. The molecule has 0 aromatic rings. The standard InChI is InChI=1S/C19H32N2O2/c22-18(21-9-1-2-10-21)14-16-6-13-23-19(15-16)7-11-20(12-8-19)17-4-3-5-17/h16-17H,1-15H2. The second-order valence-electron chi connectivity index (χ2n) is 8.30. The molecular weight excluding hydrogens is 288 g/mol. The van der Waals surface area contributed by atoms with E-state index in [9.17, 15) is 4.79 Å². The van der Waals surface area contributed by atoms with Gasteiger partial charge in [-0.05, 0) is 57.3 Å². The molecule has 4 heteroatoms. The fraction of sp³-hybridized carbons (Fsp3) is 0.947. The van der Waals surface area contributed by atoms with Crippen molar-refractivity contribution >= 4 is 5.91 Å². The fourth-order valence-electron chi connectivity index (χ4n) is 5.04. The summed E-state index contributed by atoms with van der Waals surface area (Å²) in [5, 5.41) is 0. The minimum absolute atomic E-state index is 0.0917. The molecule has 1 atom stereocenters. The number of likely N-dealkylation sites (tertiary alicyclic amines) is 2. The molecule has 3 aliphatic heterocycles. The lowest BCUT2D eigenvalue weighted by Crippen LogP contribution is -2.53. The monoisotopic (exact) mass is 320 g/mol. The molecule has 3 heterocycles. The minimum atomic E-state index is 0.0917. The molecule has 4 aliphatic rings. The van der Waals surface area contributed by atoms with Gasteiger partial charge in [-0.2, -0.15) is 0 Å². The Kier molecular flexibility index (Phi) is 4.64. The van der Waals surface area contributed by atoms with E-state index in [1.165, 1.54) is 58.0 Å². The van der Waals surface area contributed by atoms with E-state index in [4.69, 9.17) is 4.74 Å². The van der Waals surface area contributed by atoms with Gasteiger partial charge in [0.1, 0.15) is 0 Å². The number of amides is 1. The predicted octanol–water partition coefficient (Wildman–Crippen LogP) is 2.81. The Morgan fingerprint density at radius 3 is 2.39 bits per heavy atom. The van der Waals surface area contributed by atoms with Crippen LogP contribution in [0, 0.1) is 5.92 Å². The summed E-state index contributed by atoms with van der Waals surface area (Å²) in [5.41, 5.74) is 0.0917. The first-order chi connectivity index (χ1) is 11.2. The maximum atomic E-state index is 12.4. The van der Waals surface area contributed by atoms with Crippen molar-refractivity contribution in [3.8, 4) is 0 Å². The highest BCUT2D eigenvalue weighted by Gasteiger charge is 2.42. The van der Waals surface area contributed by atoms with Crippen molar-refractivity contribution in [3.05, 3.63) is 0 Å². The van der Waals surface area contributed by atoms with Crippen LogP contribution in [0.4, 0.5) is 0 Å². The molecule has 4 fully saturated rings. The maximum Gasteiger partial charge on any atom is 0.222 e. The van der Waals surface area contributed by atoms with Crippen LogP contribution in [0.3, 0.4) is 0 Å². The molecule has 1 aliphatic carbocycles. The summed E-state index contributed by atoms with van der Waals surface area (Å²) in [6, 6.07) is 0.864. The summed E-state index contributed by atoms with van der Waals surface area (Å²) in [4.78, 5) is 17.2. The lowest BCUT2D eigenvalue weighted by molar-refractivity contribution is -0.143. The Hall–Kier alpha value is -0.610. The number of carbonyl (C=O) groups is 1. The molecule has 0 bridgehead atoms.